The number of hydrogen-bond acceptors (Lipinski definition) is 4. The van der Waals surface area contributed by atoms with Crippen molar-refractivity contribution in [3.05, 3.63) is 24.2 Å². The highest BCUT2D eigenvalue weighted by Crippen LogP contribution is 2.30. The number of carbonyl (C=O) groups is 1. The smallest absolute Gasteiger partial charge is 0.220 e. The number of aryl methyl sites for hydroxylation is 1. The molecule has 2 unspecified atom stereocenters. The van der Waals surface area contributed by atoms with E-state index in [9.17, 15) is 4.79 Å². The Morgan fingerprint density at radius 2 is 2.20 bits per heavy atom. The van der Waals surface area contributed by atoms with E-state index in [4.69, 9.17) is 0 Å². The van der Waals surface area contributed by atoms with Crippen LogP contribution in [-0.2, 0) is 11.2 Å². The van der Waals surface area contributed by atoms with Crippen molar-refractivity contribution in [2.75, 3.05) is 19.6 Å². The molecule has 6 heteroatoms. The Hall–Kier alpha value is -1.95. The molecule has 2 atom stereocenters. The lowest BCUT2D eigenvalue weighted by molar-refractivity contribution is -0.121. The molecule has 4 rings (SSSR count). The van der Waals surface area contributed by atoms with Gasteiger partial charge in [0.05, 0.1) is 5.52 Å². The van der Waals surface area contributed by atoms with Crippen LogP contribution >= 0.6 is 0 Å². The Bertz CT molecular complexity index is 692. The second-order valence-electron chi connectivity index (χ2n) is 7.36. The maximum Gasteiger partial charge on any atom is 0.220 e. The van der Waals surface area contributed by atoms with E-state index in [1.807, 2.05) is 12.1 Å². The SMILES string of the molecule is O=C(CCc1nc2ncccc2[nH]1)NCC1CCCN2CCCCC12. The molecule has 4 heterocycles. The summed E-state index contributed by atoms with van der Waals surface area (Å²) in [5, 5.41) is 3.17. The molecule has 2 aromatic rings. The van der Waals surface area contributed by atoms with Crippen LogP contribution in [0.1, 0.15) is 44.3 Å². The average Bonchev–Trinajstić information content (AvgIpc) is 3.07. The monoisotopic (exact) mass is 341 g/mol. The fourth-order valence-corrected chi connectivity index (χ4v) is 4.39. The first-order valence-corrected chi connectivity index (χ1v) is 9.60. The van der Waals surface area contributed by atoms with Crippen molar-refractivity contribution >= 4 is 17.1 Å². The molecule has 0 spiro atoms. The Labute approximate surface area is 148 Å². The quantitative estimate of drug-likeness (QED) is 0.875. The van der Waals surface area contributed by atoms with E-state index in [0.717, 1.165) is 23.5 Å². The molecule has 2 aliphatic heterocycles. The molecule has 25 heavy (non-hydrogen) atoms. The molecule has 1 amide bonds. The number of pyridine rings is 1. The molecule has 6 nitrogen and oxygen atoms in total. The van der Waals surface area contributed by atoms with E-state index < -0.39 is 0 Å². The summed E-state index contributed by atoms with van der Waals surface area (Å²) in [6, 6.07) is 4.53. The van der Waals surface area contributed by atoms with Crippen molar-refractivity contribution in [1.29, 1.82) is 0 Å². The van der Waals surface area contributed by atoms with Crippen molar-refractivity contribution in [3.8, 4) is 0 Å². The minimum atomic E-state index is 0.126. The zero-order valence-corrected chi connectivity index (χ0v) is 14.7. The van der Waals surface area contributed by atoms with Gasteiger partial charge in [-0.1, -0.05) is 6.42 Å². The molecule has 0 bridgehead atoms. The third-order valence-corrected chi connectivity index (χ3v) is 5.69. The maximum atomic E-state index is 12.3. The summed E-state index contributed by atoms with van der Waals surface area (Å²) >= 11 is 0. The molecule has 0 saturated carbocycles. The first-order chi connectivity index (χ1) is 12.3. The van der Waals surface area contributed by atoms with Crippen LogP contribution in [0.3, 0.4) is 0 Å². The molecule has 0 aromatic carbocycles. The zero-order valence-electron chi connectivity index (χ0n) is 14.7. The van der Waals surface area contributed by atoms with Crippen LogP contribution in [0.15, 0.2) is 18.3 Å². The average molecular weight is 341 g/mol. The van der Waals surface area contributed by atoms with Gasteiger partial charge in [0, 0.05) is 31.6 Å². The molecule has 2 N–H and O–H groups in total. The largest absolute Gasteiger partial charge is 0.356 e. The molecule has 2 saturated heterocycles. The number of aromatic nitrogens is 3. The van der Waals surface area contributed by atoms with Crippen molar-refractivity contribution in [1.82, 2.24) is 25.2 Å². The van der Waals surface area contributed by atoms with Crippen molar-refractivity contribution in [2.45, 2.75) is 51.0 Å². The third kappa shape index (κ3) is 3.84. The normalized spacial score (nSPS) is 24.2. The molecule has 2 fully saturated rings. The van der Waals surface area contributed by atoms with Gasteiger partial charge in [-0.25, -0.2) is 9.97 Å². The van der Waals surface area contributed by atoms with Crippen LogP contribution < -0.4 is 5.32 Å². The van der Waals surface area contributed by atoms with E-state index in [1.165, 1.54) is 45.2 Å². The summed E-state index contributed by atoms with van der Waals surface area (Å²) < 4.78 is 0. The summed E-state index contributed by atoms with van der Waals surface area (Å²) in [7, 11) is 0. The lowest BCUT2D eigenvalue weighted by Gasteiger charge is -2.44. The van der Waals surface area contributed by atoms with E-state index in [2.05, 4.69) is 25.2 Å². The molecule has 134 valence electrons. The van der Waals surface area contributed by atoms with E-state index in [-0.39, 0.29) is 5.91 Å². The summed E-state index contributed by atoms with van der Waals surface area (Å²) in [4.78, 5) is 26.8. The van der Waals surface area contributed by atoms with Gasteiger partial charge in [0.2, 0.25) is 5.91 Å². The molecular formula is C19H27N5O. The third-order valence-electron chi connectivity index (χ3n) is 5.69. The second kappa shape index (κ2) is 7.52. The Kier molecular flexibility index (Phi) is 4.97. The summed E-state index contributed by atoms with van der Waals surface area (Å²) in [6.45, 7) is 3.31. The number of amides is 1. The molecular weight excluding hydrogens is 314 g/mol. The number of rotatable bonds is 5. The minimum absolute atomic E-state index is 0.126. The number of piperidine rings is 2. The van der Waals surface area contributed by atoms with Gasteiger partial charge in [-0.05, 0) is 56.8 Å². The van der Waals surface area contributed by atoms with Crippen molar-refractivity contribution in [3.63, 3.8) is 0 Å². The molecule has 2 aromatic heterocycles. The predicted molar refractivity (Wildman–Crippen MR) is 97.2 cm³/mol. The fourth-order valence-electron chi connectivity index (χ4n) is 4.39. The van der Waals surface area contributed by atoms with Crippen molar-refractivity contribution < 1.29 is 4.79 Å². The van der Waals surface area contributed by atoms with Gasteiger partial charge in [0.25, 0.3) is 0 Å². The van der Waals surface area contributed by atoms with E-state index >= 15 is 0 Å². The summed E-state index contributed by atoms with van der Waals surface area (Å²) in [5.41, 5.74) is 1.65. The number of hydrogen-bond donors (Lipinski definition) is 2. The Morgan fingerprint density at radius 1 is 1.28 bits per heavy atom. The van der Waals surface area contributed by atoms with Crippen LogP contribution in [0, 0.1) is 5.92 Å². The lowest BCUT2D eigenvalue weighted by Crippen LogP contribution is -2.51. The van der Waals surface area contributed by atoms with E-state index in [0.29, 0.717) is 24.8 Å². The van der Waals surface area contributed by atoms with Gasteiger partial charge in [0.1, 0.15) is 5.82 Å². The van der Waals surface area contributed by atoms with Gasteiger partial charge >= 0.3 is 0 Å². The number of nitrogens with zero attached hydrogens (tertiary/aromatic N) is 3. The van der Waals surface area contributed by atoms with Crippen LogP contribution in [-0.4, -0.2) is 51.4 Å². The van der Waals surface area contributed by atoms with Crippen LogP contribution in [0.5, 0.6) is 0 Å². The van der Waals surface area contributed by atoms with Gasteiger partial charge in [-0.3, -0.25) is 4.79 Å². The number of imidazole rings is 1. The van der Waals surface area contributed by atoms with Crippen LogP contribution in [0.4, 0.5) is 0 Å². The number of H-pyrrole nitrogens is 1. The van der Waals surface area contributed by atoms with Gasteiger partial charge < -0.3 is 15.2 Å². The van der Waals surface area contributed by atoms with Crippen LogP contribution in [0.2, 0.25) is 0 Å². The molecule has 0 aliphatic carbocycles. The highest BCUT2D eigenvalue weighted by Gasteiger charge is 2.32. The summed E-state index contributed by atoms with van der Waals surface area (Å²) in [5.74, 6) is 1.58. The first-order valence-electron chi connectivity index (χ1n) is 9.60. The number of aromatic amines is 1. The van der Waals surface area contributed by atoms with E-state index in [1.54, 1.807) is 6.20 Å². The molecule has 0 radical (unpaired) electrons. The number of nitrogens with one attached hydrogen (secondary N) is 2. The highest BCUT2D eigenvalue weighted by molar-refractivity contribution is 5.76. The van der Waals surface area contributed by atoms with Gasteiger partial charge in [-0.15, -0.1) is 0 Å². The maximum absolute atomic E-state index is 12.3. The second-order valence-corrected chi connectivity index (χ2v) is 7.36. The lowest BCUT2D eigenvalue weighted by atomic mass is 9.83. The number of carbonyl (C=O) groups excluding carboxylic acids is 1. The number of fused-ring (bicyclic) bond motifs is 2. The zero-order chi connectivity index (χ0) is 17.1. The van der Waals surface area contributed by atoms with Gasteiger partial charge in [-0.2, -0.15) is 0 Å². The summed E-state index contributed by atoms with van der Waals surface area (Å²) in [6.07, 6.45) is 9.32. The topological polar surface area (TPSA) is 73.9 Å². The minimum Gasteiger partial charge on any atom is -0.356 e. The van der Waals surface area contributed by atoms with Crippen molar-refractivity contribution in [2.24, 2.45) is 5.92 Å². The predicted octanol–water partition coefficient (Wildman–Crippen LogP) is 2.27. The van der Waals surface area contributed by atoms with Gasteiger partial charge in [0.15, 0.2) is 5.65 Å². The Balaban J connectivity index is 1.26. The highest BCUT2D eigenvalue weighted by atomic mass is 16.1. The Morgan fingerprint density at radius 3 is 3.12 bits per heavy atom. The first kappa shape index (κ1) is 16.5. The fraction of sp³-hybridized carbons (Fsp3) is 0.632. The van der Waals surface area contributed by atoms with Crippen LogP contribution in [0.25, 0.3) is 11.2 Å². The molecule has 2 aliphatic rings. The standard InChI is InChI=1S/C19H27N5O/c25-18(9-8-17-22-15-6-3-10-20-19(15)23-17)21-13-14-5-4-12-24-11-2-1-7-16(14)24/h3,6,10,14,16H,1-2,4-5,7-9,11-13H2,(H,21,25)(H,20,22,23).